The van der Waals surface area contributed by atoms with Crippen molar-refractivity contribution in [2.45, 2.75) is 6.42 Å². The predicted molar refractivity (Wildman–Crippen MR) is 146 cm³/mol. The number of aliphatic imine (C=N–C) groups is 1. The second kappa shape index (κ2) is 10.4. The molecule has 0 bridgehead atoms. The summed E-state index contributed by atoms with van der Waals surface area (Å²) in [5.41, 5.74) is 2.37. The first kappa shape index (κ1) is 23.9. The number of amides is 1. The van der Waals surface area contributed by atoms with Crippen LogP contribution < -0.4 is 4.90 Å². The number of benzene rings is 3. The van der Waals surface area contributed by atoms with Crippen LogP contribution in [-0.2, 0) is 11.2 Å². The summed E-state index contributed by atoms with van der Waals surface area (Å²) in [6.07, 6.45) is 4.12. The first-order chi connectivity index (χ1) is 17.5. The van der Waals surface area contributed by atoms with E-state index in [0.29, 0.717) is 37.9 Å². The Morgan fingerprint density at radius 3 is 2.47 bits per heavy atom. The molecule has 1 aromatic heterocycles. The molecule has 1 aliphatic rings. The van der Waals surface area contributed by atoms with Gasteiger partial charge in [0.1, 0.15) is 0 Å². The molecule has 0 atom stereocenters. The summed E-state index contributed by atoms with van der Waals surface area (Å²) in [6, 6.07) is 23.0. The number of nitrogens with zero attached hydrogens (tertiary/aromatic N) is 4. The first-order valence-corrected chi connectivity index (χ1v) is 12.8. The number of rotatable bonds is 6. The number of thioether (sulfide) groups is 1. The second-order valence-electron chi connectivity index (χ2n) is 7.71. The van der Waals surface area contributed by atoms with Crippen LogP contribution in [0, 0.1) is 10.1 Å². The molecule has 2 heterocycles. The summed E-state index contributed by atoms with van der Waals surface area (Å²) in [4.78, 5) is 36.0. The highest BCUT2D eigenvalue weighted by Crippen LogP contribution is 2.38. The van der Waals surface area contributed by atoms with Gasteiger partial charge in [0.05, 0.1) is 15.5 Å². The molecule has 0 aliphatic carbocycles. The number of anilines is 1. The van der Waals surface area contributed by atoms with Gasteiger partial charge in [0.25, 0.3) is 11.6 Å². The standard InChI is InChI=1S/C26H17ClN4O3S2/c27-22-9-5-4-6-18(22)15-21-16-28-25(35-21)29-26-30(19-7-2-1-3-8-19)24(32)23(36-26)14-17-10-12-20(13-11-17)31(33)34/h1-14,16H,15H2/b23-14+,29-26-. The number of carbonyl (C=O) groups is 1. The van der Waals surface area contributed by atoms with Crippen molar-refractivity contribution >= 4 is 68.4 Å². The van der Waals surface area contributed by atoms with E-state index in [-0.39, 0.29) is 11.6 Å². The zero-order valence-corrected chi connectivity index (χ0v) is 21.0. The summed E-state index contributed by atoms with van der Waals surface area (Å²) in [7, 11) is 0. The van der Waals surface area contributed by atoms with Crippen molar-refractivity contribution in [3.05, 3.63) is 121 Å². The molecule has 178 valence electrons. The lowest BCUT2D eigenvalue weighted by Gasteiger charge is -2.14. The summed E-state index contributed by atoms with van der Waals surface area (Å²) < 4.78 is 0. The molecule has 1 saturated heterocycles. The quantitative estimate of drug-likeness (QED) is 0.150. The van der Waals surface area contributed by atoms with Crippen molar-refractivity contribution in [3.63, 3.8) is 0 Å². The van der Waals surface area contributed by atoms with Gasteiger partial charge in [-0.1, -0.05) is 59.3 Å². The lowest BCUT2D eigenvalue weighted by atomic mass is 10.1. The SMILES string of the molecule is O=C1/C(=C\c2ccc([N+](=O)[O-])cc2)S/C(=N\c2ncc(Cc3ccccc3Cl)s2)N1c1ccccc1. The average Bonchev–Trinajstić information content (AvgIpc) is 3.45. The normalized spacial score (nSPS) is 15.7. The van der Waals surface area contributed by atoms with Crippen LogP contribution in [0.1, 0.15) is 16.0 Å². The van der Waals surface area contributed by atoms with E-state index in [2.05, 4.69) is 4.98 Å². The molecular formula is C26H17ClN4O3S2. The van der Waals surface area contributed by atoms with E-state index < -0.39 is 4.92 Å². The van der Waals surface area contributed by atoms with E-state index in [0.717, 1.165) is 10.4 Å². The molecule has 0 spiro atoms. The maximum atomic E-state index is 13.4. The average molecular weight is 533 g/mol. The molecule has 0 radical (unpaired) electrons. The molecule has 1 aliphatic heterocycles. The van der Waals surface area contributed by atoms with Crippen LogP contribution in [0.25, 0.3) is 6.08 Å². The van der Waals surface area contributed by atoms with Crippen molar-refractivity contribution in [1.82, 2.24) is 4.98 Å². The van der Waals surface area contributed by atoms with Crippen LogP contribution in [0.15, 0.2) is 95.0 Å². The van der Waals surface area contributed by atoms with Crippen LogP contribution in [0.4, 0.5) is 16.5 Å². The third kappa shape index (κ3) is 5.23. The molecule has 1 amide bonds. The Balaban J connectivity index is 1.46. The summed E-state index contributed by atoms with van der Waals surface area (Å²) in [5, 5.41) is 12.7. The largest absolute Gasteiger partial charge is 0.271 e. The van der Waals surface area contributed by atoms with Crippen molar-refractivity contribution in [3.8, 4) is 0 Å². The van der Waals surface area contributed by atoms with Crippen molar-refractivity contribution in [2.24, 2.45) is 4.99 Å². The van der Waals surface area contributed by atoms with Crippen LogP contribution in [0.3, 0.4) is 0 Å². The highest BCUT2D eigenvalue weighted by Gasteiger charge is 2.35. The Morgan fingerprint density at radius 1 is 1.03 bits per heavy atom. The molecule has 1 fully saturated rings. The monoisotopic (exact) mass is 532 g/mol. The highest BCUT2D eigenvalue weighted by molar-refractivity contribution is 8.19. The Bertz CT molecular complexity index is 1500. The molecule has 7 nitrogen and oxygen atoms in total. The minimum atomic E-state index is -0.456. The van der Waals surface area contributed by atoms with Gasteiger partial charge in [-0.3, -0.25) is 19.8 Å². The highest BCUT2D eigenvalue weighted by atomic mass is 35.5. The first-order valence-electron chi connectivity index (χ1n) is 10.8. The Kier molecular flexibility index (Phi) is 6.95. The molecule has 0 N–H and O–H groups in total. The van der Waals surface area contributed by atoms with Crippen LogP contribution in [0.2, 0.25) is 5.02 Å². The van der Waals surface area contributed by atoms with Crippen molar-refractivity contribution in [2.75, 3.05) is 4.90 Å². The number of amidine groups is 1. The summed E-state index contributed by atoms with van der Waals surface area (Å²) in [5.74, 6) is -0.226. The molecule has 10 heteroatoms. The minimum absolute atomic E-state index is 0.00733. The van der Waals surface area contributed by atoms with Crippen molar-refractivity contribution < 1.29 is 9.72 Å². The Hall–Kier alpha value is -3.79. The lowest BCUT2D eigenvalue weighted by molar-refractivity contribution is -0.384. The van der Waals surface area contributed by atoms with Gasteiger partial charge in [-0.05, 0) is 59.3 Å². The molecule has 3 aromatic carbocycles. The lowest BCUT2D eigenvalue weighted by Crippen LogP contribution is -2.28. The Morgan fingerprint density at radius 2 is 1.75 bits per heavy atom. The van der Waals surface area contributed by atoms with Gasteiger partial charge in [-0.15, -0.1) is 0 Å². The van der Waals surface area contributed by atoms with Gasteiger partial charge in [0, 0.05) is 34.7 Å². The van der Waals surface area contributed by atoms with Gasteiger partial charge in [0.15, 0.2) is 5.17 Å². The number of hydrogen-bond acceptors (Lipinski definition) is 7. The van der Waals surface area contributed by atoms with Crippen LogP contribution in [0.5, 0.6) is 0 Å². The predicted octanol–water partition coefficient (Wildman–Crippen LogP) is 7.10. The number of carbonyl (C=O) groups excluding carboxylic acids is 1. The van der Waals surface area contributed by atoms with E-state index >= 15 is 0 Å². The van der Waals surface area contributed by atoms with Gasteiger partial charge in [-0.2, -0.15) is 4.99 Å². The number of thiazole rings is 1. The Labute approximate surface area is 219 Å². The van der Waals surface area contributed by atoms with Crippen LogP contribution >= 0.6 is 34.7 Å². The van der Waals surface area contributed by atoms with Gasteiger partial charge >= 0.3 is 0 Å². The number of aromatic nitrogens is 1. The topological polar surface area (TPSA) is 88.7 Å². The van der Waals surface area contributed by atoms with Gasteiger partial charge in [-0.25, -0.2) is 4.98 Å². The number of para-hydroxylation sites is 1. The smallest absolute Gasteiger partial charge is 0.268 e. The number of nitro groups is 1. The molecule has 0 saturated carbocycles. The number of nitro benzene ring substituents is 1. The molecule has 36 heavy (non-hydrogen) atoms. The summed E-state index contributed by atoms with van der Waals surface area (Å²) in [6.45, 7) is 0. The fourth-order valence-corrected chi connectivity index (χ4v) is 5.59. The minimum Gasteiger partial charge on any atom is -0.268 e. The molecule has 0 unspecified atom stereocenters. The number of non-ortho nitro benzene ring substituents is 1. The number of hydrogen-bond donors (Lipinski definition) is 0. The van der Waals surface area contributed by atoms with Crippen molar-refractivity contribution in [1.29, 1.82) is 0 Å². The van der Waals surface area contributed by atoms with Crippen LogP contribution in [-0.4, -0.2) is 21.0 Å². The van der Waals surface area contributed by atoms with E-state index in [1.54, 1.807) is 29.3 Å². The maximum absolute atomic E-state index is 13.4. The zero-order valence-electron chi connectivity index (χ0n) is 18.6. The number of halogens is 1. The molecule has 4 aromatic rings. The zero-order chi connectivity index (χ0) is 25.1. The fraction of sp³-hybridized carbons (Fsp3) is 0.0385. The molecule has 5 rings (SSSR count). The van der Waals surface area contributed by atoms with E-state index in [1.165, 1.54) is 35.2 Å². The summed E-state index contributed by atoms with van der Waals surface area (Å²) >= 11 is 8.97. The third-order valence-corrected chi connectivity index (χ3v) is 7.51. The van der Waals surface area contributed by atoms with E-state index in [4.69, 9.17) is 16.6 Å². The third-order valence-electron chi connectivity index (χ3n) is 5.28. The molecular weight excluding hydrogens is 516 g/mol. The second-order valence-corrected chi connectivity index (χ2v) is 10.2. The fourth-order valence-electron chi connectivity index (χ4n) is 3.54. The van der Waals surface area contributed by atoms with Gasteiger partial charge in [0.2, 0.25) is 5.13 Å². The van der Waals surface area contributed by atoms with Gasteiger partial charge < -0.3 is 0 Å². The van der Waals surface area contributed by atoms with E-state index in [1.807, 2.05) is 54.6 Å². The van der Waals surface area contributed by atoms with E-state index in [9.17, 15) is 14.9 Å². The maximum Gasteiger partial charge on any atom is 0.271 e.